The van der Waals surface area contributed by atoms with Gasteiger partial charge < -0.3 is 0 Å². The fraction of sp³-hybridized carbons (Fsp3) is 0.231. The van der Waals surface area contributed by atoms with Crippen LogP contribution < -0.4 is 5.56 Å². The SMILES string of the molecule is Cn1nccc(CCc2ccccc2)c1=O. The highest BCUT2D eigenvalue weighted by molar-refractivity contribution is 5.17. The lowest BCUT2D eigenvalue weighted by Crippen LogP contribution is -2.23. The van der Waals surface area contributed by atoms with Gasteiger partial charge in [0.2, 0.25) is 0 Å². The van der Waals surface area contributed by atoms with E-state index in [2.05, 4.69) is 17.2 Å². The molecule has 1 aromatic carbocycles. The third-order valence-corrected chi connectivity index (χ3v) is 2.61. The summed E-state index contributed by atoms with van der Waals surface area (Å²) in [7, 11) is 1.67. The minimum atomic E-state index is -0.00145. The summed E-state index contributed by atoms with van der Waals surface area (Å²) in [4.78, 5) is 11.7. The topological polar surface area (TPSA) is 34.9 Å². The van der Waals surface area contributed by atoms with E-state index in [4.69, 9.17) is 0 Å². The zero-order chi connectivity index (χ0) is 11.4. The molecular weight excluding hydrogens is 200 g/mol. The Balaban J connectivity index is 2.11. The second-order valence-corrected chi connectivity index (χ2v) is 3.77. The molecule has 0 fully saturated rings. The Morgan fingerprint density at radius 3 is 2.62 bits per heavy atom. The predicted octanol–water partition coefficient (Wildman–Crippen LogP) is 1.57. The molecule has 16 heavy (non-hydrogen) atoms. The highest BCUT2D eigenvalue weighted by atomic mass is 16.1. The van der Waals surface area contributed by atoms with Crippen LogP contribution in [0.25, 0.3) is 0 Å². The molecule has 2 rings (SSSR count). The van der Waals surface area contributed by atoms with Crippen LogP contribution in [0.15, 0.2) is 47.4 Å². The third-order valence-electron chi connectivity index (χ3n) is 2.61. The van der Waals surface area contributed by atoms with E-state index < -0.39 is 0 Å². The van der Waals surface area contributed by atoms with E-state index in [0.29, 0.717) is 0 Å². The highest BCUT2D eigenvalue weighted by Gasteiger charge is 2.01. The number of benzene rings is 1. The summed E-state index contributed by atoms with van der Waals surface area (Å²) in [5, 5.41) is 3.90. The van der Waals surface area contributed by atoms with Crippen molar-refractivity contribution in [3.63, 3.8) is 0 Å². The van der Waals surface area contributed by atoms with Crippen LogP contribution in [0.1, 0.15) is 11.1 Å². The first-order valence-electron chi connectivity index (χ1n) is 5.32. The lowest BCUT2D eigenvalue weighted by molar-refractivity contribution is 0.690. The third kappa shape index (κ3) is 2.37. The highest BCUT2D eigenvalue weighted by Crippen LogP contribution is 2.03. The van der Waals surface area contributed by atoms with Crippen molar-refractivity contribution < 1.29 is 0 Å². The molecule has 1 heterocycles. The van der Waals surface area contributed by atoms with E-state index in [0.717, 1.165) is 18.4 Å². The number of aryl methyl sites for hydroxylation is 3. The second kappa shape index (κ2) is 4.75. The minimum absolute atomic E-state index is 0.00145. The van der Waals surface area contributed by atoms with Crippen molar-refractivity contribution in [2.24, 2.45) is 7.05 Å². The van der Waals surface area contributed by atoms with E-state index in [1.165, 1.54) is 10.2 Å². The first-order chi connectivity index (χ1) is 7.77. The van der Waals surface area contributed by atoms with Gasteiger partial charge in [0.05, 0.1) is 0 Å². The van der Waals surface area contributed by atoms with E-state index in [1.807, 2.05) is 18.2 Å². The summed E-state index contributed by atoms with van der Waals surface area (Å²) in [5.41, 5.74) is 2.07. The van der Waals surface area contributed by atoms with E-state index >= 15 is 0 Å². The van der Waals surface area contributed by atoms with Gasteiger partial charge in [0.15, 0.2) is 0 Å². The summed E-state index contributed by atoms with van der Waals surface area (Å²) in [5.74, 6) is 0. The average Bonchev–Trinajstić information content (AvgIpc) is 2.32. The lowest BCUT2D eigenvalue weighted by atomic mass is 10.1. The molecule has 0 aliphatic heterocycles. The molecule has 3 nitrogen and oxygen atoms in total. The zero-order valence-electron chi connectivity index (χ0n) is 9.26. The van der Waals surface area contributed by atoms with Crippen molar-refractivity contribution in [1.29, 1.82) is 0 Å². The van der Waals surface area contributed by atoms with Crippen LogP contribution in [-0.4, -0.2) is 9.78 Å². The summed E-state index contributed by atoms with van der Waals surface area (Å²) < 4.78 is 1.38. The average molecular weight is 214 g/mol. The van der Waals surface area contributed by atoms with Crippen LogP contribution in [0.3, 0.4) is 0 Å². The first-order valence-corrected chi connectivity index (χ1v) is 5.32. The van der Waals surface area contributed by atoms with Crippen LogP contribution in [0.5, 0.6) is 0 Å². The number of nitrogens with zero attached hydrogens (tertiary/aromatic N) is 2. The minimum Gasteiger partial charge on any atom is -0.268 e. The van der Waals surface area contributed by atoms with Crippen molar-refractivity contribution in [3.8, 4) is 0 Å². The molecule has 0 spiro atoms. The smallest absolute Gasteiger partial charge is 0.268 e. The van der Waals surface area contributed by atoms with Gasteiger partial charge in [-0.3, -0.25) is 4.79 Å². The zero-order valence-corrected chi connectivity index (χ0v) is 9.26. The van der Waals surface area contributed by atoms with Crippen LogP contribution in [0.2, 0.25) is 0 Å². The Morgan fingerprint density at radius 1 is 1.12 bits per heavy atom. The van der Waals surface area contributed by atoms with Crippen molar-refractivity contribution in [2.45, 2.75) is 12.8 Å². The molecule has 0 radical (unpaired) electrons. The second-order valence-electron chi connectivity index (χ2n) is 3.77. The Kier molecular flexibility index (Phi) is 3.15. The van der Waals surface area contributed by atoms with Gasteiger partial charge >= 0.3 is 0 Å². The standard InChI is InChI=1S/C13H14N2O/c1-15-13(16)12(9-10-14-15)8-7-11-5-3-2-4-6-11/h2-6,9-10H,7-8H2,1H3. The molecule has 0 unspecified atom stereocenters. The van der Waals surface area contributed by atoms with Crippen molar-refractivity contribution >= 4 is 0 Å². The summed E-state index contributed by atoms with van der Waals surface area (Å²) in [6.45, 7) is 0. The fourth-order valence-corrected chi connectivity index (χ4v) is 1.67. The molecule has 2 aromatic rings. The molecule has 0 aliphatic carbocycles. The van der Waals surface area contributed by atoms with Crippen LogP contribution >= 0.6 is 0 Å². The quantitative estimate of drug-likeness (QED) is 0.777. The van der Waals surface area contributed by atoms with Gasteiger partial charge in [-0.15, -0.1) is 0 Å². The number of hydrogen-bond donors (Lipinski definition) is 0. The Morgan fingerprint density at radius 2 is 1.88 bits per heavy atom. The molecule has 0 amide bonds. The monoisotopic (exact) mass is 214 g/mol. The first kappa shape index (κ1) is 10.6. The Labute approximate surface area is 94.4 Å². The molecule has 0 saturated heterocycles. The van der Waals surface area contributed by atoms with Gasteiger partial charge in [-0.05, 0) is 24.5 Å². The molecule has 0 saturated carbocycles. The largest absolute Gasteiger partial charge is 0.269 e. The summed E-state index contributed by atoms with van der Waals surface area (Å²) >= 11 is 0. The van der Waals surface area contributed by atoms with Gasteiger partial charge in [0, 0.05) is 18.8 Å². The van der Waals surface area contributed by atoms with Gasteiger partial charge in [-0.1, -0.05) is 30.3 Å². The molecule has 0 bridgehead atoms. The Bertz CT molecular complexity index is 517. The van der Waals surface area contributed by atoms with E-state index in [9.17, 15) is 4.79 Å². The van der Waals surface area contributed by atoms with Gasteiger partial charge in [0.25, 0.3) is 5.56 Å². The van der Waals surface area contributed by atoms with Crippen LogP contribution in [0, 0.1) is 0 Å². The van der Waals surface area contributed by atoms with Gasteiger partial charge in [-0.2, -0.15) is 5.10 Å². The molecular formula is C13H14N2O. The van der Waals surface area contributed by atoms with Crippen LogP contribution in [0.4, 0.5) is 0 Å². The van der Waals surface area contributed by atoms with E-state index in [-0.39, 0.29) is 5.56 Å². The van der Waals surface area contributed by atoms with Gasteiger partial charge in [0.1, 0.15) is 0 Å². The summed E-state index contributed by atoms with van der Waals surface area (Å²) in [6, 6.07) is 12.0. The number of hydrogen-bond acceptors (Lipinski definition) is 2. The molecule has 82 valence electrons. The fourth-order valence-electron chi connectivity index (χ4n) is 1.67. The molecule has 3 heteroatoms. The van der Waals surface area contributed by atoms with Gasteiger partial charge in [-0.25, -0.2) is 4.68 Å². The maximum atomic E-state index is 11.7. The number of rotatable bonds is 3. The lowest BCUT2D eigenvalue weighted by Gasteiger charge is -2.02. The molecule has 1 aromatic heterocycles. The molecule has 0 N–H and O–H groups in total. The normalized spacial score (nSPS) is 10.3. The maximum absolute atomic E-state index is 11.7. The van der Waals surface area contributed by atoms with E-state index in [1.54, 1.807) is 19.3 Å². The van der Waals surface area contributed by atoms with Crippen LogP contribution in [-0.2, 0) is 19.9 Å². The maximum Gasteiger partial charge on any atom is 0.269 e. The van der Waals surface area contributed by atoms with Crippen molar-refractivity contribution in [3.05, 3.63) is 64.1 Å². The predicted molar refractivity (Wildman–Crippen MR) is 63.3 cm³/mol. The summed E-state index contributed by atoms with van der Waals surface area (Å²) in [6.07, 6.45) is 3.32. The van der Waals surface area contributed by atoms with Crippen molar-refractivity contribution in [2.75, 3.05) is 0 Å². The molecule has 0 atom stereocenters. The molecule has 0 aliphatic rings. The van der Waals surface area contributed by atoms with Crippen molar-refractivity contribution in [1.82, 2.24) is 9.78 Å². The Hall–Kier alpha value is -1.90. The number of aromatic nitrogens is 2.